The number of benzene rings is 2. The van der Waals surface area contributed by atoms with Crippen LogP contribution in [0.5, 0.6) is 0 Å². The number of aliphatic hydroxyl groups is 1. The normalized spacial score (nSPS) is 23.7. The van der Waals surface area contributed by atoms with Gasteiger partial charge in [0.05, 0.1) is 17.0 Å². The van der Waals surface area contributed by atoms with Crippen LogP contribution in [0.2, 0.25) is 0 Å². The first kappa shape index (κ1) is 22.3. The number of amides is 1. The lowest BCUT2D eigenvalue weighted by Crippen LogP contribution is -2.48. The van der Waals surface area contributed by atoms with Gasteiger partial charge in [-0.15, -0.1) is 0 Å². The minimum Gasteiger partial charge on any atom is -0.509 e. The Hall–Kier alpha value is -2.90. The Morgan fingerprint density at radius 1 is 0.969 bits per heavy atom. The molecular formula is C24H22F5NO2. The molecule has 32 heavy (non-hydrogen) atoms. The monoisotopic (exact) mass is 451 g/mol. The molecule has 1 saturated carbocycles. The SMILES string of the molecule is Cc1c(F)c(F)c(-c2ccccc2)c(C)c1C1=C(O)C2(CCC(C(F)(F)F)CC2)NC1=O. The average Bonchev–Trinajstić information content (AvgIpc) is 2.97. The molecule has 0 saturated heterocycles. The van der Waals surface area contributed by atoms with E-state index >= 15 is 0 Å². The second-order valence-electron chi connectivity index (χ2n) is 8.57. The summed E-state index contributed by atoms with van der Waals surface area (Å²) in [6.07, 6.45) is -5.01. The van der Waals surface area contributed by atoms with E-state index in [1.54, 1.807) is 30.3 Å². The third-order valence-corrected chi connectivity index (χ3v) is 6.75. The Kier molecular flexibility index (Phi) is 5.30. The summed E-state index contributed by atoms with van der Waals surface area (Å²) in [5.41, 5.74) is -0.970. The first-order valence-electron chi connectivity index (χ1n) is 10.3. The highest BCUT2D eigenvalue weighted by molar-refractivity contribution is 6.24. The summed E-state index contributed by atoms with van der Waals surface area (Å²) in [5.74, 6) is -4.81. The van der Waals surface area contributed by atoms with E-state index in [2.05, 4.69) is 5.32 Å². The summed E-state index contributed by atoms with van der Waals surface area (Å²) in [7, 11) is 0. The van der Waals surface area contributed by atoms with E-state index in [4.69, 9.17) is 0 Å². The molecule has 1 heterocycles. The molecule has 1 aliphatic heterocycles. The molecule has 2 aromatic rings. The lowest BCUT2D eigenvalue weighted by molar-refractivity contribution is -0.184. The maximum Gasteiger partial charge on any atom is 0.391 e. The number of rotatable bonds is 2. The van der Waals surface area contributed by atoms with Crippen LogP contribution in [-0.2, 0) is 4.79 Å². The van der Waals surface area contributed by atoms with Gasteiger partial charge < -0.3 is 10.4 Å². The highest BCUT2D eigenvalue weighted by Crippen LogP contribution is 2.48. The van der Waals surface area contributed by atoms with Crippen molar-refractivity contribution in [2.45, 2.75) is 51.2 Å². The van der Waals surface area contributed by atoms with Crippen molar-refractivity contribution in [3.8, 4) is 11.1 Å². The van der Waals surface area contributed by atoms with Gasteiger partial charge in [-0.25, -0.2) is 8.78 Å². The van der Waals surface area contributed by atoms with E-state index in [1.165, 1.54) is 13.8 Å². The zero-order valence-electron chi connectivity index (χ0n) is 17.5. The molecular weight excluding hydrogens is 429 g/mol. The largest absolute Gasteiger partial charge is 0.509 e. The minimum absolute atomic E-state index is 0.0291. The minimum atomic E-state index is -4.34. The van der Waals surface area contributed by atoms with Gasteiger partial charge in [0.1, 0.15) is 5.76 Å². The average molecular weight is 451 g/mol. The van der Waals surface area contributed by atoms with Crippen LogP contribution in [0.15, 0.2) is 36.1 Å². The molecule has 0 unspecified atom stereocenters. The summed E-state index contributed by atoms with van der Waals surface area (Å²) in [6.45, 7) is 2.85. The summed E-state index contributed by atoms with van der Waals surface area (Å²) < 4.78 is 69.1. The summed E-state index contributed by atoms with van der Waals surface area (Å²) in [6, 6.07) is 8.26. The van der Waals surface area contributed by atoms with Gasteiger partial charge in [-0.1, -0.05) is 30.3 Å². The zero-order valence-corrected chi connectivity index (χ0v) is 17.5. The van der Waals surface area contributed by atoms with E-state index in [-0.39, 0.29) is 53.5 Å². The van der Waals surface area contributed by atoms with E-state index in [1.807, 2.05) is 0 Å². The Morgan fingerprint density at radius 2 is 1.56 bits per heavy atom. The Bertz CT molecular complexity index is 1110. The molecule has 4 rings (SSSR count). The third kappa shape index (κ3) is 3.36. The van der Waals surface area contributed by atoms with E-state index in [9.17, 15) is 31.9 Å². The van der Waals surface area contributed by atoms with Gasteiger partial charge in [-0.05, 0) is 56.2 Å². The van der Waals surface area contributed by atoms with E-state index in [0.29, 0.717) is 5.56 Å². The fraction of sp³-hybridized carbons (Fsp3) is 0.375. The highest BCUT2D eigenvalue weighted by atomic mass is 19.4. The fourth-order valence-corrected chi connectivity index (χ4v) is 5.00. The molecule has 2 aliphatic rings. The van der Waals surface area contributed by atoms with Crippen LogP contribution >= 0.6 is 0 Å². The molecule has 1 fully saturated rings. The second-order valence-corrected chi connectivity index (χ2v) is 8.57. The lowest BCUT2D eigenvalue weighted by Gasteiger charge is -2.37. The van der Waals surface area contributed by atoms with Crippen molar-refractivity contribution in [1.82, 2.24) is 5.32 Å². The number of aliphatic hydroxyl groups excluding tert-OH is 1. The molecule has 2 aromatic carbocycles. The molecule has 170 valence electrons. The fourth-order valence-electron chi connectivity index (χ4n) is 5.00. The van der Waals surface area contributed by atoms with Crippen LogP contribution in [-0.4, -0.2) is 22.7 Å². The van der Waals surface area contributed by atoms with Crippen LogP contribution in [0.1, 0.15) is 42.4 Å². The molecule has 0 radical (unpaired) electrons. The molecule has 0 atom stereocenters. The van der Waals surface area contributed by atoms with Crippen LogP contribution in [0.3, 0.4) is 0 Å². The molecule has 1 amide bonds. The highest BCUT2D eigenvalue weighted by Gasteiger charge is 2.52. The standard InChI is InChI=1S/C24H22F5NO2/c1-12-16(13(2)19(25)20(26)17(12)14-6-4-3-5-7-14)18-21(31)23(30-22(18)32)10-8-15(9-11-23)24(27,28)29/h3-7,15,31H,8-11H2,1-2H3,(H,30,32). The van der Waals surface area contributed by atoms with E-state index < -0.39 is 40.9 Å². The van der Waals surface area contributed by atoms with Crippen molar-refractivity contribution in [3.63, 3.8) is 0 Å². The first-order valence-corrected chi connectivity index (χ1v) is 10.3. The molecule has 1 spiro atoms. The quantitative estimate of drug-likeness (QED) is 0.539. The van der Waals surface area contributed by atoms with Crippen molar-refractivity contribution < 1.29 is 31.9 Å². The van der Waals surface area contributed by atoms with Crippen molar-refractivity contribution in [2.75, 3.05) is 0 Å². The zero-order chi connectivity index (χ0) is 23.4. The smallest absolute Gasteiger partial charge is 0.391 e. The predicted octanol–water partition coefficient (Wildman–Crippen LogP) is 6.14. The third-order valence-electron chi connectivity index (χ3n) is 6.75. The Balaban J connectivity index is 1.85. The summed E-state index contributed by atoms with van der Waals surface area (Å²) in [4.78, 5) is 12.9. The van der Waals surface area contributed by atoms with Crippen molar-refractivity contribution in [1.29, 1.82) is 0 Å². The van der Waals surface area contributed by atoms with Gasteiger partial charge in [-0.3, -0.25) is 4.79 Å². The molecule has 0 bridgehead atoms. The summed E-state index contributed by atoms with van der Waals surface area (Å²) >= 11 is 0. The number of hydrogen-bond donors (Lipinski definition) is 2. The van der Waals surface area contributed by atoms with E-state index in [0.717, 1.165) is 0 Å². The molecule has 8 heteroatoms. The van der Waals surface area contributed by atoms with Gasteiger partial charge in [0.15, 0.2) is 11.6 Å². The van der Waals surface area contributed by atoms with Crippen molar-refractivity contribution >= 4 is 11.5 Å². The topological polar surface area (TPSA) is 49.3 Å². The number of halogens is 5. The number of carbonyl (C=O) groups excluding carboxylic acids is 1. The lowest BCUT2D eigenvalue weighted by atomic mass is 9.75. The molecule has 1 aliphatic carbocycles. The van der Waals surface area contributed by atoms with Crippen molar-refractivity contribution in [3.05, 3.63) is 64.4 Å². The Labute approximate surface area is 181 Å². The van der Waals surface area contributed by atoms with Gasteiger partial charge in [-0.2, -0.15) is 13.2 Å². The van der Waals surface area contributed by atoms with Crippen molar-refractivity contribution in [2.24, 2.45) is 5.92 Å². The number of carbonyl (C=O) groups is 1. The maximum atomic E-state index is 14.9. The van der Waals surface area contributed by atoms with Gasteiger partial charge in [0, 0.05) is 11.1 Å². The predicted molar refractivity (Wildman–Crippen MR) is 110 cm³/mol. The second kappa shape index (κ2) is 7.60. The molecule has 3 nitrogen and oxygen atoms in total. The van der Waals surface area contributed by atoms with Crippen LogP contribution in [0.25, 0.3) is 16.7 Å². The molecule has 2 N–H and O–H groups in total. The van der Waals surface area contributed by atoms with Crippen LogP contribution in [0.4, 0.5) is 22.0 Å². The molecule has 0 aromatic heterocycles. The number of hydrogen-bond acceptors (Lipinski definition) is 2. The summed E-state index contributed by atoms with van der Waals surface area (Å²) in [5, 5.41) is 13.7. The van der Waals surface area contributed by atoms with Gasteiger partial charge in [0.25, 0.3) is 5.91 Å². The van der Waals surface area contributed by atoms with Crippen LogP contribution < -0.4 is 5.32 Å². The van der Waals surface area contributed by atoms with Gasteiger partial charge >= 0.3 is 6.18 Å². The Morgan fingerprint density at radius 3 is 2.12 bits per heavy atom. The number of nitrogens with one attached hydrogen (secondary N) is 1. The number of alkyl halides is 3. The van der Waals surface area contributed by atoms with Crippen LogP contribution in [0, 0.1) is 31.4 Å². The van der Waals surface area contributed by atoms with Gasteiger partial charge in [0.2, 0.25) is 0 Å². The maximum absolute atomic E-state index is 14.9. The first-order chi connectivity index (χ1) is 15.0.